The molecule has 1 atom stereocenters. The largest absolute Gasteiger partial charge is 0.357 e. The number of rotatable bonds is 6. The minimum Gasteiger partial charge on any atom is -0.357 e. The maximum atomic E-state index is 4.68. The van der Waals surface area contributed by atoms with Crippen LogP contribution in [0.25, 0.3) is 11.4 Å². The van der Waals surface area contributed by atoms with Crippen molar-refractivity contribution in [2.75, 3.05) is 6.54 Å². The van der Waals surface area contributed by atoms with Crippen molar-refractivity contribution in [1.29, 1.82) is 0 Å². The van der Waals surface area contributed by atoms with Crippen LogP contribution in [-0.2, 0) is 6.54 Å². The summed E-state index contributed by atoms with van der Waals surface area (Å²) in [5.74, 6) is 2.17. The number of nitrogens with zero attached hydrogens (tertiary/aromatic N) is 3. The zero-order valence-corrected chi connectivity index (χ0v) is 17.0. The molecule has 2 aromatic rings. The molecule has 3 N–H and O–H groups in total. The van der Waals surface area contributed by atoms with Gasteiger partial charge >= 0.3 is 0 Å². The van der Waals surface area contributed by atoms with Gasteiger partial charge < -0.3 is 10.6 Å². The van der Waals surface area contributed by atoms with E-state index in [1.807, 2.05) is 12.1 Å². The van der Waals surface area contributed by atoms with E-state index in [1.165, 1.54) is 6.33 Å². The average Bonchev–Trinajstić information content (AvgIpc) is 3.07. The summed E-state index contributed by atoms with van der Waals surface area (Å²) in [7, 11) is 0. The summed E-state index contributed by atoms with van der Waals surface area (Å²) in [5, 5.41) is 13.5. The van der Waals surface area contributed by atoms with Crippen LogP contribution in [0.3, 0.4) is 0 Å². The van der Waals surface area contributed by atoms with Gasteiger partial charge in [-0.2, -0.15) is 5.10 Å². The van der Waals surface area contributed by atoms with Gasteiger partial charge in [-0.05, 0) is 31.4 Å². The molecule has 0 amide bonds. The fraction of sp³-hybridized carbons (Fsp3) is 0.471. The van der Waals surface area contributed by atoms with Crippen molar-refractivity contribution in [3.8, 4) is 11.4 Å². The molecule has 1 aromatic carbocycles. The Kier molecular flexibility index (Phi) is 8.73. The molecule has 0 spiro atoms. The molecule has 1 unspecified atom stereocenters. The number of H-pyrrole nitrogens is 1. The van der Waals surface area contributed by atoms with Crippen molar-refractivity contribution >= 4 is 29.9 Å². The molecule has 0 fully saturated rings. The van der Waals surface area contributed by atoms with Crippen LogP contribution in [0.1, 0.15) is 33.3 Å². The highest BCUT2D eigenvalue weighted by Crippen LogP contribution is 2.15. The first kappa shape index (κ1) is 20.4. The van der Waals surface area contributed by atoms with Gasteiger partial charge in [-0.1, -0.05) is 32.0 Å². The van der Waals surface area contributed by atoms with Gasteiger partial charge in [-0.25, -0.2) is 9.98 Å². The van der Waals surface area contributed by atoms with Crippen LogP contribution in [0.5, 0.6) is 0 Å². The van der Waals surface area contributed by atoms with Gasteiger partial charge in [0.1, 0.15) is 6.33 Å². The molecule has 0 bridgehead atoms. The van der Waals surface area contributed by atoms with Gasteiger partial charge in [-0.3, -0.25) is 5.10 Å². The van der Waals surface area contributed by atoms with E-state index in [0.29, 0.717) is 18.5 Å². The van der Waals surface area contributed by atoms with Crippen LogP contribution in [0.4, 0.5) is 0 Å². The normalized spacial score (nSPS) is 12.6. The third kappa shape index (κ3) is 6.10. The number of halogens is 1. The lowest BCUT2D eigenvalue weighted by Gasteiger charge is -2.20. The average molecular weight is 442 g/mol. The number of guanidine groups is 1. The molecule has 7 heteroatoms. The smallest absolute Gasteiger partial charge is 0.191 e. The quantitative estimate of drug-likeness (QED) is 0.365. The summed E-state index contributed by atoms with van der Waals surface area (Å²) >= 11 is 0. The topological polar surface area (TPSA) is 78.0 Å². The minimum absolute atomic E-state index is 0. The fourth-order valence-electron chi connectivity index (χ4n) is 2.03. The molecule has 132 valence electrons. The Morgan fingerprint density at radius 2 is 2.08 bits per heavy atom. The zero-order chi connectivity index (χ0) is 16.7. The minimum atomic E-state index is 0. The van der Waals surface area contributed by atoms with Gasteiger partial charge in [0.05, 0.1) is 6.54 Å². The zero-order valence-electron chi connectivity index (χ0n) is 14.7. The third-order valence-corrected chi connectivity index (χ3v) is 3.74. The van der Waals surface area contributed by atoms with Crippen LogP contribution in [-0.4, -0.2) is 33.7 Å². The van der Waals surface area contributed by atoms with Crippen molar-refractivity contribution in [2.45, 2.75) is 40.3 Å². The second-order valence-electron chi connectivity index (χ2n) is 5.91. The molecule has 0 aliphatic heterocycles. The molecule has 1 heterocycles. The van der Waals surface area contributed by atoms with Crippen LogP contribution in [0, 0.1) is 5.92 Å². The summed E-state index contributed by atoms with van der Waals surface area (Å²) in [6.07, 6.45) is 1.51. The standard InChI is InChI=1S/C17H26N6.HI/c1-5-18-17(22-13(4)12(2)3)19-10-14-7-6-8-15(9-14)16-20-11-21-23-16;/h6-9,11-13H,5,10H2,1-4H3,(H2,18,19,22)(H,20,21,23);1H. The van der Waals surface area contributed by atoms with Crippen LogP contribution in [0.2, 0.25) is 0 Å². The summed E-state index contributed by atoms with van der Waals surface area (Å²) in [6, 6.07) is 8.55. The molecule has 0 radical (unpaired) electrons. The van der Waals surface area contributed by atoms with E-state index in [1.54, 1.807) is 0 Å². The third-order valence-electron chi connectivity index (χ3n) is 3.74. The summed E-state index contributed by atoms with van der Waals surface area (Å²) in [4.78, 5) is 8.86. The van der Waals surface area contributed by atoms with Gasteiger partial charge in [-0.15, -0.1) is 24.0 Å². The van der Waals surface area contributed by atoms with Crippen LogP contribution >= 0.6 is 24.0 Å². The van der Waals surface area contributed by atoms with E-state index in [2.05, 4.69) is 70.6 Å². The molecule has 2 rings (SSSR count). The Morgan fingerprint density at radius 3 is 2.71 bits per heavy atom. The van der Waals surface area contributed by atoms with Crippen molar-refractivity contribution in [2.24, 2.45) is 10.9 Å². The summed E-state index contributed by atoms with van der Waals surface area (Å²) in [6.45, 7) is 10.1. The maximum absolute atomic E-state index is 4.68. The van der Waals surface area contributed by atoms with E-state index in [0.717, 1.165) is 29.5 Å². The Morgan fingerprint density at radius 1 is 1.29 bits per heavy atom. The highest BCUT2D eigenvalue weighted by atomic mass is 127. The SMILES string of the molecule is CCNC(=NCc1cccc(-c2ncn[nH]2)c1)NC(C)C(C)C.I. The van der Waals surface area contributed by atoms with Crippen molar-refractivity contribution in [3.63, 3.8) is 0 Å². The van der Waals surface area contributed by atoms with E-state index in [-0.39, 0.29) is 24.0 Å². The molecule has 0 saturated carbocycles. The van der Waals surface area contributed by atoms with Gasteiger partial charge in [0.25, 0.3) is 0 Å². The maximum Gasteiger partial charge on any atom is 0.191 e. The van der Waals surface area contributed by atoms with E-state index in [4.69, 9.17) is 0 Å². The van der Waals surface area contributed by atoms with E-state index < -0.39 is 0 Å². The Labute approximate surface area is 161 Å². The molecule has 24 heavy (non-hydrogen) atoms. The monoisotopic (exact) mass is 442 g/mol. The molecular weight excluding hydrogens is 415 g/mol. The van der Waals surface area contributed by atoms with Crippen molar-refractivity contribution in [3.05, 3.63) is 36.2 Å². The van der Waals surface area contributed by atoms with Crippen LogP contribution in [0.15, 0.2) is 35.6 Å². The first-order chi connectivity index (χ1) is 11.1. The highest BCUT2D eigenvalue weighted by molar-refractivity contribution is 14.0. The van der Waals surface area contributed by atoms with Gasteiger partial charge in [0.2, 0.25) is 0 Å². The molecular formula is C17H27IN6. The number of aromatic amines is 1. The Hall–Kier alpha value is -1.64. The lowest BCUT2D eigenvalue weighted by molar-refractivity contribution is 0.481. The molecule has 0 aliphatic rings. The first-order valence-corrected chi connectivity index (χ1v) is 8.09. The van der Waals surface area contributed by atoms with Gasteiger partial charge in [0, 0.05) is 18.2 Å². The lowest BCUT2D eigenvalue weighted by atomic mass is 10.1. The Bertz CT molecular complexity index is 624. The predicted octanol–water partition coefficient (Wildman–Crippen LogP) is 3.19. The number of aromatic nitrogens is 3. The van der Waals surface area contributed by atoms with Crippen molar-refractivity contribution in [1.82, 2.24) is 25.8 Å². The first-order valence-electron chi connectivity index (χ1n) is 8.09. The number of benzene rings is 1. The molecule has 0 saturated heterocycles. The Balaban J connectivity index is 0.00000288. The molecule has 0 aliphatic carbocycles. The summed E-state index contributed by atoms with van der Waals surface area (Å²) < 4.78 is 0. The second-order valence-corrected chi connectivity index (χ2v) is 5.91. The van der Waals surface area contributed by atoms with E-state index >= 15 is 0 Å². The van der Waals surface area contributed by atoms with E-state index in [9.17, 15) is 0 Å². The van der Waals surface area contributed by atoms with Gasteiger partial charge in [0.15, 0.2) is 11.8 Å². The van der Waals surface area contributed by atoms with Crippen molar-refractivity contribution < 1.29 is 0 Å². The molecule has 6 nitrogen and oxygen atoms in total. The molecule has 1 aromatic heterocycles. The van der Waals surface area contributed by atoms with Crippen LogP contribution < -0.4 is 10.6 Å². The lowest BCUT2D eigenvalue weighted by Crippen LogP contribution is -2.44. The number of hydrogen-bond acceptors (Lipinski definition) is 3. The summed E-state index contributed by atoms with van der Waals surface area (Å²) in [5.41, 5.74) is 2.15. The predicted molar refractivity (Wildman–Crippen MR) is 109 cm³/mol. The number of nitrogens with one attached hydrogen (secondary N) is 3. The number of aliphatic imine (C=N–C) groups is 1. The number of hydrogen-bond donors (Lipinski definition) is 3. The fourth-order valence-corrected chi connectivity index (χ4v) is 2.03. The second kappa shape index (κ2) is 10.3. The highest BCUT2D eigenvalue weighted by Gasteiger charge is 2.09.